The number of ether oxygens (including phenoxy) is 2. The first-order chi connectivity index (χ1) is 20.6. The van der Waals surface area contributed by atoms with Gasteiger partial charge in [0.1, 0.15) is 23.0 Å². The number of hydrogen-bond donors (Lipinski definition) is 2. The Morgan fingerprint density at radius 3 is 1.24 bits per heavy atom. The molecule has 2 aliphatic heterocycles. The van der Waals surface area contributed by atoms with Crippen molar-refractivity contribution in [3.63, 3.8) is 0 Å². The zero-order chi connectivity index (χ0) is 28.5. The van der Waals surface area contributed by atoms with E-state index in [9.17, 15) is 0 Å². The molecule has 5 aromatic carbocycles. The van der Waals surface area contributed by atoms with Crippen LogP contribution in [0.2, 0.25) is 0 Å². The number of fused-ring (bicyclic) bond motifs is 2. The highest BCUT2D eigenvalue weighted by atomic mass is 16.5. The summed E-state index contributed by atoms with van der Waals surface area (Å²) in [5, 5.41) is 0. The number of rotatable bonds is 8. The molecular formula is C36H30N4O2. The van der Waals surface area contributed by atoms with Gasteiger partial charge in [-0.1, -0.05) is 48.5 Å². The van der Waals surface area contributed by atoms with Crippen LogP contribution in [0, 0.1) is 0 Å². The Hall–Kier alpha value is -5.04. The number of hydrogen-bond acceptors (Lipinski definition) is 6. The summed E-state index contributed by atoms with van der Waals surface area (Å²) in [5.41, 5.74) is 22.2. The van der Waals surface area contributed by atoms with Gasteiger partial charge in [0, 0.05) is 25.9 Å². The Labute approximate surface area is 245 Å². The lowest BCUT2D eigenvalue weighted by molar-refractivity contribution is 0.482. The number of aliphatic imine (C=N–C) groups is 2. The molecule has 7 rings (SSSR count). The van der Waals surface area contributed by atoms with Crippen molar-refractivity contribution in [3.05, 3.63) is 143 Å². The van der Waals surface area contributed by atoms with Gasteiger partial charge in [0.15, 0.2) is 0 Å². The van der Waals surface area contributed by atoms with Gasteiger partial charge in [0.05, 0.1) is 22.8 Å². The van der Waals surface area contributed by atoms with Crippen LogP contribution in [0.4, 0.5) is 11.4 Å². The third-order valence-electron chi connectivity index (χ3n) is 7.67. The number of nitrogens with two attached hydrogens (primary N) is 2. The second kappa shape index (κ2) is 11.1. The predicted molar refractivity (Wildman–Crippen MR) is 168 cm³/mol. The largest absolute Gasteiger partial charge is 0.457 e. The first-order valence-electron chi connectivity index (χ1n) is 14.1. The zero-order valence-electron chi connectivity index (χ0n) is 23.1. The molecule has 0 aromatic heterocycles. The second-order valence-electron chi connectivity index (χ2n) is 10.5. The van der Waals surface area contributed by atoms with Gasteiger partial charge in [0.2, 0.25) is 0 Å². The van der Waals surface area contributed by atoms with Crippen molar-refractivity contribution in [2.45, 2.75) is 25.9 Å². The van der Waals surface area contributed by atoms with Crippen molar-refractivity contribution >= 4 is 22.8 Å². The second-order valence-corrected chi connectivity index (χ2v) is 10.5. The van der Waals surface area contributed by atoms with Crippen molar-refractivity contribution in [1.29, 1.82) is 0 Å². The van der Waals surface area contributed by atoms with E-state index in [1.807, 2.05) is 72.8 Å². The monoisotopic (exact) mass is 550 g/mol. The molecular weight excluding hydrogens is 520 g/mol. The summed E-state index contributed by atoms with van der Waals surface area (Å²) >= 11 is 0. The minimum Gasteiger partial charge on any atom is -0.457 e. The van der Waals surface area contributed by atoms with E-state index in [0.29, 0.717) is 13.1 Å². The summed E-state index contributed by atoms with van der Waals surface area (Å²) in [6, 6.07) is 36.4. The molecule has 4 N–H and O–H groups in total. The first kappa shape index (κ1) is 25.9. The molecule has 6 nitrogen and oxygen atoms in total. The maximum absolute atomic E-state index is 6.07. The van der Waals surface area contributed by atoms with Crippen LogP contribution in [0.1, 0.15) is 33.4 Å². The summed E-state index contributed by atoms with van der Waals surface area (Å²) in [5.74, 6) is 3.19. The third kappa shape index (κ3) is 5.33. The van der Waals surface area contributed by atoms with Crippen LogP contribution in [0.15, 0.2) is 119 Å². The van der Waals surface area contributed by atoms with Gasteiger partial charge < -0.3 is 20.9 Å². The molecule has 0 saturated heterocycles. The van der Waals surface area contributed by atoms with E-state index in [2.05, 4.69) is 36.4 Å². The number of nitrogens with zero attached hydrogens (tertiary/aromatic N) is 2. The van der Waals surface area contributed by atoms with E-state index < -0.39 is 0 Å². The molecule has 2 aliphatic rings. The fourth-order valence-electron chi connectivity index (χ4n) is 5.33. The SMILES string of the molecule is NCc1ccc(Oc2ccc3c(c2)CC(c2ccc(C4=Nc5ccc(Oc6ccc(CN)cc6)cc5C4)cc2)=N3)cc1. The maximum atomic E-state index is 6.07. The van der Waals surface area contributed by atoms with Crippen molar-refractivity contribution in [2.75, 3.05) is 0 Å². The van der Waals surface area contributed by atoms with Gasteiger partial charge in [-0.05, 0) is 94.0 Å². The molecule has 0 saturated carbocycles. The molecule has 0 unspecified atom stereocenters. The van der Waals surface area contributed by atoms with Gasteiger partial charge >= 0.3 is 0 Å². The Bertz CT molecular complexity index is 1690. The third-order valence-corrected chi connectivity index (χ3v) is 7.67. The van der Waals surface area contributed by atoms with Crippen molar-refractivity contribution in [3.8, 4) is 23.0 Å². The van der Waals surface area contributed by atoms with E-state index in [1.165, 1.54) is 0 Å². The lowest BCUT2D eigenvalue weighted by atomic mass is 9.99. The highest BCUT2D eigenvalue weighted by Crippen LogP contribution is 2.36. The highest BCUT2D eigenvalue weighted by molar-refractivity contribution is 6.09. The molecule has 0 aliphatic carbocycles. The average Bonchev–Trinajstić information content (AvgIpc) is 3.66. The molecule has 0 bridgehead atoms. The normalized spacial score (nSPS) is 13.3. The van der Waals surface area contributed by atoms with Crippen molar-refractivity contribution in [1.82, 2.24) is 0 Å². The van der Waals surface area contributed by atoms with Crippen LogP contribution < -0.4 is 20.9 Å². The Kier molecular flexibility index (Phi) is 6.84. The molecule has 0 spiro atoms. The van der Waals surface area contributed by atoms with Crippen LogP contribution in [0.5, 0.6) is 23.0 Å². The fraction of sp³-hybridized carbons (Fsp3) is 0.111. The summed E-state index contributed by atoms with van der Waals surface area (Å²) in [4.78, 5) is 9.81. The minimum atomic E-state index is 0.518. The van der Waals surface area contributed by atoms with Gasteiger partial charge in [-0.2, -0.15) is 0 Å². The highest BCUT2D eigenvalue weighted by Gasteiger charge is 2.20. The van der Waals surface area contributed by atoms with Crippen LogP contribution in [-0.2, 0) is 25.9 Å². The first-order valence-corrected chi connectivity index (χ1v) is 14.1. The smallest absolute Gasteiger partial charge is 0.127 e. The Morgan fingerprint density at radius 1 is 0.476 bits per heavy atom. The van der Waals surface area contributed by atoms with Gasteiger partial charge in [-0.3, -0.25) is 9.98 Å². The van der Waals surface area contributed by atoms with Gasteiger partial charge in [-0.15, -0.1) is 0 Å². The van der Waals surface area contributed by atoms with Crippen molar-refractivity contribution < 1.29 is 9.47 Å². The summed E-state index contributed by atoms with van der Waals surface area (Å²) in [6.07, 6.45) is 1.53. The van der Waals surface area contributed by atoms with E-state index >= 15 is 0 Å². The van der Waals surface area contributed by atoms with E-state index in [4.69, 9.17) is 30.9 Å². The van der Waals surface area contributed by atoms with E-state index in [0.717, 1.165) is 92.0 Å². The Morgan fingerprint density at radius 2 is 0.857 bits per heavy atom. The summed E-state index contributed by atoms with van der Waals surface area (Å²) < 4.78 is 12.1. The predicted octanol–water partition coefficient (Wildman–Crippen LogP) is 7.54. The standard InChI is InChI=1S/C36H30N4O2/c37-21-23-1-9-29(10-2-23)41-31-13-15-33-27(17-31)19-35(39-33)25-5-7-26(8-6-25)36-20-28-18-32(14-16-34(28)40-36)42-30-11-3-24(22-38)4-12-30/h1-18H,19-22,37-38H2. The maximum Gasteiger partial charge on any atom is 0.127 e. The van der Waals surface area contributed by atoms with E-state index in [-0.39, 0.29) is 0 Å². The van der Waals surface area contributed by atoms with Crippen LogP contribution >= 0.6 is 0 Å². The molecule has 2 heterocycles. The molecule has 42 heavy (non-hydrogen) atoms. The average molecular weight is 551 g/mol. The zero-order valence-corrected chi connectivity index (χ0v) is 23.1. The van der Waals surface area contributed by atoms with Gasteiger partial charge in [-0.25, -0.2) is 0 Å². The summed E-state index contributed by atoms with van der Waals surface area (Å²) in [7, 11) is 0. The van der Waals surface area contributed by atoms with E-state index in [1.54, 1.807) is 0 Å². The topological polar surface area (TPSA) is 95.2 Å². The molecule has 206 valence electrons. The lowest BCUT2D eigenvalue weighted by Crippen LogP contribution is -2.04. The fourth-order valence-corrected chi connectivity index (χ4v) is 5.33. The molecule has 5 aromatic rings. The van der Waals surface area contributed by atoms with Crippen molar-refractivity contribution in [2.24, 2.45) is 21.5 Å². The molecule has 0 radical (unpaired) electrons. The quantitative estimate of drug-likeness (QED) is 0.209. The lowest BCUT2D eigenvalue weighted by Gasteiger charge is -2.08. The molecule has 0 amide bonds. The van der Waals surface area contributed by atoms with Crippen LogP contribution in [-0.4, -0.2) is 11.4 Å². The molecule has 6 heteroatoms. The van der Waals surface area contributed by atoms with Gasteiger partial charge in [0.25, 0.3) is 0 Å². The molecule has 0 atom stereocenters. The number of benzene rings is 5. The Balaban J connectivity index is 1.00. The summed E-state index contributed by atoms with van der Waals surface area (Å²) in [6.45, 7) is 1.04. The molecule has 0 fully saturated rings. The van der Waals surface area contributed by atoms with Crippen LogP contribution in [0.25, 0.3) is 0 Å². The van der Waals surface area contributed by atoms with Crippen LogP contribution in [0.3, 0.4) is 0 Å². The minimum absolute atomic E-state index is 0.518.